The molecule has 148 valence electrons. The van der Waals surface area contributed by atoms with Gasteiger partial charge >= 0.3 is 0 Å². The van der Waals surface area contributed by atoms with Gasteiger partial charge in [0.25, 0.3) is 0 Å². The summed E-state index contributed by atoms with van der Waals surface area (Å²) in [4.78, 5) is 25.8. The van der Waals surface area contributed by atoms with E-state index in [1.54, 1.807) is 0 Å². The van der Waals surface area contributed by atoms with Crippen LogP contribution in [0.4, 0.5) is 5.69 Å². The van der Waals surface area contributed by atoms with Gasteiger partial charge in [-0.2, -0.15) is 0 Å². The minimum atomic E-state index is 0.0624. The minimum Gasteiger partial charge on any atom is -0.494 e. The second-order valence-corrected chi connectivity index (χ2v) is 7.03. The molecule has 1 heterocycles. The van der Waals surface area contributed by atoms with Crippen LogP contribution in [0.2, 0.25) is 0 Å². The predicted molar refractivity (Wildman–Crippen MR) is 111 cm³/mol. The van der Waals surface area contributed by atoms with Crippen LogP contribution in [0, 0.1) is 0 Å². The molecule has 1 aliphatic rings. The Hall–Kier alpha value is -2.82. The zero-order valence-electron chi connectivity index (χ0n) is 16.4. The molecular weight excluding hydrogens is 352 g/mol. The average Bonchev–Trinajstić information content (AvgIpc) is 2.72. The Kier molecular flexibility index (Phi) is 7.06. The monoisotopic (exact) mass is 380 g/mol. The van der Waals surface area contributed by atoms with Gasteiger partial charge < -0.3 is 15.0 Å². The Morgan fingerprint density at radius 1 is 1.14 bits per heavy atom. The van der Waals surface area contributed by atoms with E-state index in [0.717, 1.165) is 42.9 Å². The number of nitrogens with one attached hydrogen (secondary N) is 1. The zero-order chi connectivity index (χ0) is 19.8. The molecule has 0 fully saturated rings. The summed E-state index contributed by atoms with van der Waals surface area (Å²) in [5.41, 5.74) is 3.22. The van der Waals surface area contributed by atoms with Gasteiger partial charge in [0.2, 0.25) is 11.8 Å². The number of nitrogens with zero attached hydrogens (tertiary/aromatic N) is 1. The van der Waals surface area contributed by atoms with Crippen molar-refractivity contribution < 1.29 is 14.3 Å². The number of benzene rings is 2. The zero-order valence-corrected chi connectivity index (χ0v) is 16.4. The van der Waals surface area contributed by atoms with E-state index < -0.39 is 0 Å². The molecule has 0 aliphatic carbocycles. The van der Waals surface area contributed by atoms with Crippen LogP contribution in [0.1, 0.15) is 37.3 Å². The number of hydrogen-bond donors (Lipinski definition) is 1. The molecule has 0 bridgehead atoms. The number of ether oxygens (including phenoxy) is 1. The molecule has 1 aliphatic heterocycles. The van der Waals surface area contributed by atoms with E-state index in [2.05, 4.69) is 17.4 Å². The van der Waals surface area contributed by atoms with Crippen LogP contribution in [0.15, 0.2) is 48.5 Å². The Bertz CT molecular complexity index is 805. The Labute approximate surface area is 166 Å². The van der Waals surface area contributed by atoms with E-state index in [9.17, 15) is 9.59 Å². The van der Waals surface area contributed by atoms with Gasteiger partial charge in [-0.3, -0.25) is 9.59 Å². The first-order valence-electron chi connectivity index (χ1n) is 10.0. The maximum atomic E-state index is 12.5. The van der Waals surface area contributed by atoms with Gasteiger partial charge in [0.15, 0.2) is 0 Å². The van der Waals surface area contributed by atoms with E-state index in [-0.39, 0.29) is 11.8 Å². The lowest BCUT2D eigenvalue weighted by Crippen LogP contribution is -2.32. The second-order valence-electron chi connectivity index (χ2n) is 7.03. The number of hydrogen-bond acceptors (Lipinski definition) is 3. The molecule has 0 atom stereocenters. The van der Waals surface area contributed by atoms with Crippen molar-refractivity contribution in [1.82, 2.24) is 4.90 Å². The molecule has 3 rings (SSSR count). The smallest absolute Gasteiger partial charge is 0.224 e. The van der Waals surface area contributed by atoms with Crippen LogP contribution < -0.4 is 10.1 Å². The standard InChI is InChI=1S/C23H28N2O3/c1-2-25(15-14-18-7-4-3-5-8-18)23(27)9-6-16-28-20-11-12-21-19(17-20)10-13-22(26)24-21/h3-5,7-8,11-12,17H,2,6,9-10,13-16H2,1H3,(H,24,26). The lowest BCUT2D eigenvalue weighted by molar-refractivity contribution is -0.131. The first kappa shape index (κ1) is 19.9. The van der Waals surface area contributed by atoms with Crippen LogP contribution in [0.25, 0.3) is 0 Å². The van der Waals surface area contributed by atoms with Gasteiger partial charge in [-0.05, 0) is 55.5 Å². The SMILES string of the molecule is CCN(CCc1ccccc1)C(=O)CCCOc1ccc2c(c1)CCC(=O)N2. The number of rotatable bonds is 9. The molecule has 0 unspecified atom stereocenters. The topological polar surface area (TPSA) is 58.6 Å². The van der Waals surface area contributed by atoms with Crippen LogP contribution in [0.3, 0.4) is 0 Å². The normalized spacial score (nSPS) is 12.8. The molecule has 0 radical (unpaired) electrons. The van der Waals surface area contributed by atoms with Crippen molar-refractivity contribution in [3.05, 3.63) is 59.7 Å². The molecule has 2 aromatic carbocycles. The summed E-state index contributed by atoms with van der Waals surface area (Å²) in [7, 11) is 0. The van der Waals surface area contributed by atoms with Crippen molar-refractivity contribution in [2.75, 3.05) is 25.0 Å². The predicted octanol–water partition coefficient (Wildman–Crippen LogP) is 3.82. The molecule has 5 heteroatoms. The van der Waals surface area contributed by atoms with E-state index in [0.29, 0.717) is 25.9 Å². The van der Waals surface area contributed by atoms with Gasteiger partial charge in [0.1, 0.15) is 5.75 Å². The van der Waals surface area contributed by atoms with Gasteiger partial charge in [-0.25, -0.2) is 0 Å². The number of carbonyl (C=O) groups excluding carboxylic acids is 2. The highest BCUT2D eigenvalue weighted by Crippen LogP contribution is 2.26. The molecule has 0 saturated heterocycles. The molecule has 0 aromatic heterocycles. The Balaban J connectivity index is 1.40. The number of anilines is 1. The van der Waals surface area contributed by atoms with Crippen LogP contribution in [-0.2, 0) is 22.4 Å². The molecule has 2 aromatic rings. The fraction of sp³-hybridized carbons (Fsp3) is 0.391. The van der Waals surface area contributed by atoms with Gasteiger partial charge in [0.05, 0.1) is 6.61 Å². The van der Waals surface area contributed by atoms with E-state index in [4.69, 9.17) is 4.74 Å². The van der Waals surface area contributed by atoms with Gasteiger partial charge in [0, 0.05) is 31.6 Å². The summed E-state index contributed by atoms with van der Waals surface area (Å²) in [6.45, 7) is 4.00. The van der Waals surface area contributed by atoms with Crippen LogP contribution in [0.5, 0.6) is 5.75 Å². The highest BCUT2D eigenvalue weighted by Gasteiger charge is 2.15. The quantitative estimate of drug-likeness (QED) is 0.673. The van der Waals surface area contributed by atoms with Gasteiger partial charge in [-0.15, -0.1) is 0 Å². The van der Waals surface area contributed by atoms with Gasteiger partial charge in [-0.1, -0.05) is 30.3 Å². The largest absolute Gasteiger partial charge is 0.494 e. The number of amides is 2. The second kappa shape index (κ2) is 9.93. The Morgan fingerprint density at radius 2 is 1.96 bits per heavy atom. The summed E-state index contributed by atoms with van der Waals surface area (Å²) in [5, 5.41) is 2.87. The van der Waals surface area contributed by atoms with E-state index >= 15 is 0 Å². The number of likely N-dealkylation sites (N-methyl/N-ethyl adjacent to an activating group) is 1. The number of fused-ring (bicyclic) bond motifs is 1. The van der Waals surface area contributed by atoms with Crippen molar-refractivity contribution in [3.8, 4) is 5.75 Å². The highest BCUT2D eigenvalue weighted by atomic mass is 16.5. The van der Waals surface area contributed by atoms with Crippen LogP contribution in [-0.4, -0.2) is 36.4 Å². The maximum Gasteiger partial charge on any atom is 0.224 e. The van der Waals surface area contributed by atoms with E-state index in [1.807, 2.05) is 48.2 Å². The molecule has 1 N–H and O–H groups in total. The summed E-state index contributed by atoms with van der Waals surface area (Å²) in [6.07, 6.45) is 3.31. The number of aryl methyl sites for hydroxylation is 1. The minimum absolute atomic E-state index is 0.0624. The van der Waals surface area contributed by atoms with E-state index in [1.165, 1.54) is 5.56 Å². The maximum absolute atomic E-state index is 12.5. The number of carbonyl (C=O) groups is 2. The molecule has 5 nitrogen and oxygen atoms in total. The fourth-order valence-electron chi connectivity index (χ4n) is 3.39. The molecule has 28 heavy (non-hydrogen) atoms. The third kappa shape index (κ3) is 5.59. The summed E-state index contributed by atoms with van der Waals surface area (Å²) >= 11 is 0. The van der Waals surface area contributed by atoms with Crippen molar-refractivity contribution in [2.24, 2.45) is 0 Å². The summed E-state index contributed by atoms with van der Waals surface area (Å²) < 4.78 is 5.81. The van der Waals surface area contributed by atoms with Crippen molar-refractivity contribution in [1.29, 1.82) is 0 Å². The first-order chi connectivity index (χ1) is 13.7. The first-order valence-corrected chi connectivity index (χ1v) is 10.0. The van der Waals surface area contributed by atoms with Crippen molar-refractivity contribution in [2.45, 2.75) is 39.0 Å². The molecular formula is C23H28N2O3. The fourth-order valence-corrected chi connectivity index (χ4v) is 3.39. The molecule has 2 amide bonds. The van der Waals surface area contributed by atoms with Crippen molar-refractivity contribution >= 4 is 17.5 Å². The molecule has 0 spiro atoms. The lowest BCUT2D eigenvalue weighted by atomic mass is 10.0. The lowest BCUT2D eigenvalue weighted by Gasteiger charge is -2.21. The average molecular weight is 380 g/mol. The summed E-state index contributed by atoms with van der Waals surface area (Å²) in [5.74, 6) is 1.03. The molecule has 0 saturated carbocycles. The third-order valence-corrected chi connectivity index (χ3v) is 5.02. The van der Waals surface area contributed by atoms with Crippen molar-refractivity contribution in [3.63, 3.8) is 0 Å². The highest BCUT2D eigenvalue weighted by molar-refractivity contribution is 5.94. The summed E-state index contributed by atoms with van der Waals surface area (Å²) in [6, 6.07) is 16.0. The third-order valence-electron chi connectivity index (χ3n) is 5.02. The Morgan fingerprint density at radius 3 is 2.75 bits per heavy atom. The van der Waals surface area contributed by atoms with Crippen LogP contribution >= 0.6 is 0 Å².